The zero-order chi connectivity index (χ0) is 14.3. The molecule has 1 heterocycles. The highest BCUT2D eigenvalue weighted by Crippen LogP contribution is 2.22. The lowest BCUT2D eigenvalue weighted by atomic mass is 9.88. The molecule has 1 saturated heterocycles. The zero-order valence-electron chi connectivity index (χ0n) is 12.1. The van der Waals surface area contributed by atoms with E-state index in [2.05, 4.69) is 17.1 Å². The molecule has 3 nitrogen and oxygen atoms in total. The first kappa shape index (κ1) is 16.8. The maximum absolute atomic E-state index is 12.3. The predicted octanol–water partition coefficient (Wildman–Crippen LogP) is 2.10. The fourth-order valence-corrected chi connectivity index (χ4v) is 2.81. The highest BCUT2D eigenvalue weighted by atomic mass is 19.3. The van der Waals surface area contributed by atoms with Gasteiger partial charge in [0.15, 0.2) is 0 Å². The molecule has 2 N–H and O–H groups in total. The smallest absolute Gasteiger partial charge is 0.250 e. The van der Waals surface area contributed by atoms with Gasteiger partial charge in [0, 0.05) is 19.1 Å². The van der Waals surface area contributed by atoms with Crippen molar-refractivity contribution in [3.63, 3.8) is 0 Å². The minimum Gasteiger partial charge on any atom is -0.393 e. The normalized spacial score (nSPS) is 26.8. The van der Waals surface area contributed by atoms with E-state index in [-0.39, 0.29) is 24.6 Å². The number of nitrogens with zero attached hydrogens (tertiary/aromatic N) is 1. The van der Waals surface area contributed by atoms with Crippen molar-refractivity contribution >= 4 is 0 Å². The Labute approximate surface area is 115 Å². The molecule has 0 saturated carbocycles. The number of aliphatic hydroxyl groups excluding tert-OH is 1. The Balaban J connectivity index is 2.50. The van der Waals surface area contributed by atoms with Gasteiger partial charge in [-0.05, 0) is 31.7 Å². The van der Waals surface area contributed by atoms with E-state index >= 15 is 0 Å². The number of halogens is 2. The van der Waals surface area contributed by atoms with Crippen LogP contribution in [-0.4, -0.2) is 54.8 Å². The molecule has 1 aliphatic rings. The minimum atomic E-state index is -2.31. The minimum absolute atomic E-state index is 0.0748. The fourth-order valence-electron chi connectivity index (χ4n) is 2.81. The van der Waals surface area contributed by atoms with Crippen LogP contribution in [0.3, 0.4) is 0 Å². The molecule has 114 valence electrons. The zero-order valence-corrected chi connectivity index (χ0v) is 12.1. The van der Waals surface area contributed by atoms with Crippen molar-refractivity contribution in [3.05, 3.63) is 0 Å². The second kappa shape index (κ2) is 8.82. The van der Waals surface area contributed by atoms with Crippen molar-refractivity contribution in [2.24, 2.45) is 5.92 Å². The second-order valence-corrected chi connectivity index (χ2v) is 5.58. The summed E-state index contributed by atoms with van der Waals surface area (Å²) in [6, 6.07) is 0.0748. The van der Waals surface area contributed by atoms with Crippen LogP contribution < -0.4 is 5.32 Å². The van der Waals surface area contributed by atoms with E-state index in [1.54, 1.807) is 0 Å². The van der Waals surface area contributed by atoms with Crippen LogP contribution in [-0.2, 0) is 0 Å². The molecule has 1 aliphatic heterocycles. The highest BCUT2D eigenvalue weighted by Gasteiger charge is 2.30. The van der Waals surface area contributed by atoms with E-state index in [0.717, 1.165) is 45.3 Å². The Morgan fingerprint density at radius 1 is 1.32 bits per heavy atom. The Kier molecular flexibility index (Phi) is 7.80. The molecule has 0 aliphatic carbocycles. The quantitative estimate of drug-likeness (QED) is 0.714. The average Bonchev–Trinajstić information content (AvgIpc) is 2.41. The lowest BCUT2D eigenvalue weighted by Crippen LogP contribution is -2.52. The SMILES string of the molecule is CCCCN1CC(NCC(F)F)CC(C(O)CC)C1. The summed E-state index contributed by atoms with van der Waals surface area (Å²) >= 11 is 0. The summed E-state index contributed by atoms with van der Waals surface area (Å²) in [5.41, 5.74) is 0. The molecule has 3 atom stereocenters. The van der Waals surface area contributed by atoms with E-state index in [4.69, 9.17) is 0 Å². The molecule has 1 rings (SSSR count). The van der Waals surface area contributed by atoms with Crippen LogP contribution in [0.4, 0.5) is 8.78 Å². The van der Waals surface area contributed by atoms with Gasteiger partial charge in [0.25, 0.3) is 6.43 Å². The lowest BCUT2D eigenvalue weighted by Gasteiger charge is -2.40. The standard InChI is InChI=1S/C14H28F2N2O/c1-3-5-6-18-9-11(13(19)4-2)7-12(10-18)17-8-14(15)16/h11-14,17,19H,3-10H2,1-2H3. The number of likely N-dealkylation sites (tertiary alicyclic amines) is 1. The molecule has 0 aromatic rings. The molecule has 0 radical (unpaired) electrons. The number of alkyl halides is 2. The van der Waals surface area contributed by atoms with Gasteiger partial charge in [-0.3, -0.25) is 0 Å². The molecule has 0 bridgehead atoms. The Hall–Kier alpha value is -0.260. The van der Waals surface area contributed by atoms with Crippen molar-refractivity contribution in [1.82, 2.24) is 10.2 Å². The second-order valence-electron chi connectivity index (χ2n) is 5.58. The number of rotatable bonds is 8. The Bertz CT molecular complexity index is 241. The van der Waals surface area contributed by atoms with Gasteiger partial charge < -0.3 is 15.3 Å². The maximum atomic E-state index is 12.3. The van der Waals surface area contributed by atoms with Crippen molar-refractivity contribution in [2.45, 2.75) is 58.1 Å². The van der Waals surface area contributed by atoms with Crippen molar-refractivity contribution < 1.29 is 13.9 Å². The molecular weight excluding hydrogens is 250 g/mol. The van der Waals surface area contributed by atoms with Gasteiger partial charge in [-0.2, -0.15) is 0 Å². The number of nitrogens with one attached hydrogen (secondary N) is 1. The van der Waals surface area contributed by atoms with E-state index in [0.29, 0.717) is 0 Å². The average molecular weight is 278 g/mol. The van der Waals surface area contributed by atoms with Crippen molar-refractivity contribution in [1.29, 1.82) is 0 Å². The van der Waals surface area contributed by atoms with Crippen LogP contribution >= 0.6 is 0 Å². The van der Waals surface area contributed by atoms with Gasteiger partial charge in [-0.15, -0.1) is 0 Å². The van der Waals surface area contributed by atoms with Crippen LogP contribution in [0, 0.1) is 5.92 Å². The predicted molar refractivity (Wildman–Crippen MR) is 73.5 cm³/mol. The molecule has 0 aromatic heterocycles. The number of piperidine rings is 1. The van der Waals surface area contributed by atoms with Gasteiger partial charge in [0.1, 0.15) is 0 Å². The first-order valence-electron chi connectivity index (χ1n) is 7.48. The molecule has 19 heavy (non-hydrogen) atoms. The number of aliphatic hydroxyl groups is 1. The summed E-state index contributed by atoms with van der Waals surface area (Å²) in [5, 5.41) is 13.0. The molecule has 0 spiro atoms. The fraction of sp³-hybridized carbons (Fsp3) is 1.00. The number of hydrogen-bond acceptors (Lipinski definition) is 3. The number of unbranched alkanes of at least 4 members (excludes halogenated alkanes) is 1. The monoisotopic (exact) mass is 278 g/mol. The molecular formula is C14H28F2N2O. The Morgan fingerprint density at radius 3 is 2.63 bits per heavy atom. The van der Waals surface area contributed by atoms with Crippen LogP contribution in [0.2, 0.25) is 0 Å². The van der Waals surface area contributed by atoms with Gasteiger partial charge in [-0.25, -0.2) is 8.78 Å². The summed E-state index contributed by atoms with van der Waals surface area (Å²) in [4.78, 5) is 2.31. The van der Waals surface area contributed by atoms with Gasteiger partial charge in [0.2, 0.25) is 0 Å². The van der Waals surface area contributed by atoms with Crippen LogP contribution in [0.25, 0.3) is 0 Å². The molecule has 3 unspecified atom stereocenters. The first-order valence-corrected chi connectivity index (χ1v) is 7.48. The first-order chi connectivity index (χ1) is 9.06. The summed E-state index contributed by atoms with van der Waals surface area (Å²) < 4.78 is 24.6. The van der Waals surface area contributed by atoms with Crippen LogP contribution in [0.1, 0.15) is 39.5 Å². The van der Waals surface area contributed by atoms with Crippen LogP contribution in [0.15, 0.2) is 0 Å². The van der Waals surface area contributed by atoms with Gasteiger partial charge >= 0.3 is 0 Å². The highest BCUT2D eigenvalue weighted by molar-refractivity contribution is 4.86. The van der Waals surface area contributed by atoms with Crippen molar-refractivity contribution in [2.75, 3.05) is 26.2 Å². The third kappa shape index (κ3) is 6.15. The third-order valence-electron chi connectivity index (χ3n) is 3.91. The molecule has 0 amide bonds. The molecule has 1 fully saturated rings. The maximum Gasteiger partial charge on any atom is 0.250 e. The third-order valence-corrected chi connectivity index (χ3v) is 3.91. The largest absolute Gasteiger partial charge is 0.393 e. The van der Waals surface area contributed by atoms with E-state index in [9.17, 15) is 13.9 Å². The van der Waals surface area contributed by atoms with Crippen LogP contribution in [0.5, 0.6) is 0 Å². The lowest BCUT2D eigenvalue weighted by molar-refractivity contribution is 0.0315. The van der Waals surface area contributed by atoms with E-state index < -0.39 is 6.43 Å². The van der Waals surface area contributed by atoms with Gasteiger partial charge in [-0.1, -0.05) is 20.3 Å². The number of hydrogen-bond donors (Lipinski definition) is 2. The topological polar surface area (TPSA) is 35.5 Å². The summed E-state index contributed by atoms with van der Waals surface area (Å²) in [7, 11) is 0. The molecule has 5 heteroatoms. The summed E-state index contributed by atoms with van der Waals surface area (Å²) in [5.74, 6) is 0.200. The van der Waals surface area contributed by atoms with Gasteiger partial charge in [0.05, 0.1) is 12.6 Å². The van der Waals surface area contributed by atoms with Crippen molar-refractivity contribution in [3.8, 4) is 0 Å². The molecule has 0 aromatic carbocycles. The van der Waals surface area contributed by atoms with E-state index in [1.165, 1.54) is 0 Å². The van der Waals surface area contributed by atoms with E-state index in [1.807, 2.05) is 6.92 Å². The Morgan fingerprint density at radius 2 is 2.05 bits per heavy atom. The summed E-state index contributed by atoms with van der Waals surface area (Å²) in [6.07, 6.45) is 1.15. The summed E-state index contributed by atoms with van der Waals surface area (Å²) in [6.45, 7) is 6.57.